The van der Waals surface area contributed by atoms with Gasteiger partial charge in [0, 0.05) is 19.5 Å². The molecule has 0 atom stereocenters. The van der Waals surface area contributed by atoms with Gasteiger partial charge in [-0.2, -0.15) is 0 Å². The number of hydrogen-bond donors (Lipinski definition) is 1. The number of nitrogens with one attached hydrogen (secondary N) is 1. The summed E-state index contributed by atoms with van der Waals surface area (Å²) in [7, 11) is 1.94. The molecule has 1 fully saturated rings. The van der Waals surface area contributed by atoms with Crippen molar-refractivity contribution in [2.24, 2.45) is 5.41 Å². The van der Waals surface area contributed by atoms with E-state index >= 15 is 0 Å². The second-order valence-electron chi connectivity index (χ2n) is 4.61. The molecule has 0 aromatic carbocycles. The van der Waals surface area contributed by atoms with Crippen LogP contribution in [-0.2, 0) is 4.79 Å². The van der Waals surface area contributed by atoms with E-state index in [0.29, 0.717) is 12.3 Å². The molecule has 1 saturated heterocycles. The van der Waals surface area contributed by atoms with E-state index in [9.17, 15) is 4.79 Å². The molecule has 0 radical (unpaired) electrons. The highest BCUT2D eigenvalue weighted by Gasteiger charge is 2.34. The summed E-state index contributed by atoms with van der Waals surface area (Å²) >= 11 is 0. The third-order valence-corrected chi connectivity index (χ3v) is 2.46. The normalized spacial score (nSPS) is 21.2. The van der Waals surface area contributed by atoms with Crippen LogP contribution in [0.4, 0.5) is 0 Å². The van der Waals surface area contributed by atoms with Crippen LogP contribution in [0.3, 0.4) is 0 Å². The summed E-state index contributed by atoms with van der Waals surface area (Å²) in [5, 5.41) is 3.09. The first-order valence-corrected chi connectivity index (χ1v) is 4.97. The third kappa shape index (κ3) is 2.99. The average molecular weight is 184 g/mol. The van der Waals surface area contributed by atoms with Crippen LogP contribution in [0.2, 0.25) is 0 Å². The number of carbonyl (C=O) groups excluding carboxylic acids is 1. The quantitative estimate of drug-likeness (QED) is 0.657. The van der Waals surface area contributed by atoms with E-state index in [1.54, 1.807) is 0 Å². The van der Waals surface area contributed by atoms with Gasteiger partial charge in [-0.05, 0) is 25.4 Å². The first-order valence-electron chi connectivity index (χ1n) is 4.97. The molecule has 1 aliphatic rings. The molecule has 0 unspecified atom stereocenters. The zero-order chi connectivity index (χ0) is 9.90. The summed E-state index contributed by atoms with van der Waals surface area (Å²) in [4.78, 5) is 13.5. The molecule has 76 valence electrons. The molecule has 1 heterocycles. The lowest BCUT2D eigenvalue weighted by Gasteiger charge is -2.19. The largest absolute Gasteiger partial charge is 0.342 e. The maximum Gasteiger partial charge on any atom is 0.223 e. The summed E-state index contributed by atoms with van der Waals surface area (Å²) < 4.78 is 0. The first kappa shape index (κ1) is 10.5. The van der Waals surface area contributed by atoms with Crippen molar-refractivity contribution in [3.63, 3.8) is 0 Å². The summed E-state index contributed by atoms with van der Waals surface area (Å²) in [5.74, 6) is 0.320. The molecule has 3 nitrogen and oxygen atoms in total. The van der Waals surface area contributed by atoms with Gasteiger partial charge in [-0.15, -0.1) is 0 Å². The Hall–Kier alpha value is -0.570. The molecular weight excluding hydrogens is 164 g/mol. The fourth-order valence-electron chi connectivity index (χ4n) is 1.83. The van der Waals surface area contributed by atoms with Crippen molar-refractivity contribution < 1.29 is 4.79 Å². The molecule has 0 aromatic heterocycles. The van der Waals surface area contributed by atoms with Crippen LogP contribution in [0, 0.1) is 5.41 Å². The van der Waals surface area contributed by atoms with E-state index in [4.69, 9.17) is 0 Å². The van der Waals surface area contributed by atoms with Crippen LogP contribution < -0.4 is 5.32 Å². The van der Waals surface area contributed by atoms with Gasteiger partial charge in [-0.25, -0.2) is 0 Å². The summed E-state index contributed by atoms with van der Waals surface area (Å²) in [6.07, 6.45) is 1.77. The third-order valence-electron chi connectivity index (χ3n) is 2.46. The van der Waals surface area contributed by atoms with Crippen molar-refractivity contribution in [1.29, 1.82) is 0 Å². The van der Waals surface area contributed by atoms with E-state index < -0.39 is 0 Å². The SMILES string of the molecule is CNCCCN1CC(C)(C)CC1=O. The van der Waals surface area contributed by atoms with Gasteiger partial charge in [0.15, 0.2) is 0 Å². The van der Waals surface area contributed by atoms with Gasteiger partial charge in [0.2, 0.25) is 5.91 Å². The monoisotopic (exact) mass is 184 g/mol. The highest BCUT2D eigenvalue weighted by molar-refractivity contribution is 5.79. The molecule has 0 aromatic rings. The smallest absolute Gasteiger partial charge is 0.223 e. The van der Waals surface area contributed by atoms with Crippen LogP contribution in [0.5, 0.6) is 0 Å². The zero-order valence-electron chi connectivity index (χ0n) is 8.89. The van der Waals surface area contributed by atoms with Crippen LogP contribution in [-0.4, -0.2) is 37.5 Å². The first-order chi connectivity index (χ1) is 6.05. The van der Waals surface area contributed by atoms with E-state index in [1.807, 2.05) is 11.9 Å². The summed E-state index contributed by atoms with van der Waals surface area (Å²) in [5.41, 5.74) is 0.191. The van der Waals surface area contributed by atoms with Gasteiger partial charge in [-0.1, -0.05) is 13.8 Å². The molecule has 1 aliphatic heterocycles. The number of rotatable bonds is 4. The average Bonchev–Trinajstić information content (AvgIpc) is 2.25. The number of likely N-dealkylation sites (tertiary alicyclic amines) is 1. The number of hydrogen-bond acceptors (Lipinski definition) is 2. The molecule has 1 amide bonds. The minimum absolute atomic E-state index is 0.191. The van der Waals surface area contributed by atoms with Crippen molar-refractivity contribution in [2.45, 2.75) is 26.7 Å². The van der Waals surface area contributed by atoms with Crippen molar-refractivity contribution in [1.82, 2.24) is 10.2 Å². The van der Waals surface area contributed by atoms with Crippen LogP contribution in [0.15, 0.2) is 0 Å². The molecule has 0 saturated carbocycles. The van der Waals surface area contributed by atoms with Crippen molar-refractivity contribution >= 4 is 5.91 Å². The fourth-order valence-corrected chi connectivity index (χ4v) is 1.83. The predicted octanol–water partition coefficient (Wildman–Crippen LogP) is 0.854. The van der Waals surface area contributed by atoms with E-state index in [-0.39, 0.29) is 5.41 Å². The Morgan fingerprint density at radius 1 is 1.54 bits per heavy atom. The van der Waals surface area contributed by atoms with Crippen LogP contribution in [0.1, 0.15) is 26.7 Å². The Morgan fingerprint density at radius 3 is 2.69 bits per heavy atom. The molecule has 0 aliphatic carbocycles. The molecule has 0 bridgehead atoms. The second-order valence-corrected chi connectivity index (χ2v) is 4.61. The van der Waals surface area contributed by atoms with E-state index in [2.05, 4.69) is 19.2 Å². The molecule has 13 heavy (non-hydrogen) atoms. The maximum absolute atomic E-state index is 11.5. The minimum atomic E-state index is 0.191. The van der Waals surface area contributed by atoms with Gasteiger partial charge >= 0.3 is 0 Å². The van der Waals surface area contributed by atoms with Crippen molar-refractivity contribution in [3.8, 4) is 0 Å². The van der Waals surface area contributed by atoms with Gasteiger partial charge in [0.25, 0.3) is 0 Å². The van der Waals surface area contributed by atoms with Crippen molar-refractivity contribution in [3.05, 3.63) is 0 Å². The van der Waals surface area contributed by atoms with E-state index in [0.717, 1.165) is 26.1 Å². The standard InChI is InChI=1S/C10H20N2O/c1-10(2)7-9(13)12(8-10)6-4-5-11-3/h11H,4-8H2,1-3H3. The van der Waals surface area contributed by atoms with Crippen LogP contribution in [0.25, 0.3) is 0 Å². The maximum atomic E-state index is 11.5. The van der Waals surface area contributed by atoms with E-state index in [1.165, 1.54) is 0 Å². The number of nitrogens with zero attached hydrogens (tertiary/aromatic N) is 1. The Labute approximate surface area is 80.5 Å². The Kier molecular flexibility index (Phi) is 3.31. The molecule has 3 heteroatoms. The lowest BCUT2D eigenvalue weighted by molar-refractivity contribution is -0.127. The minimum Gasteiger partial charge on any atom is -0.342 e. The van der Waals surface area contributed by atoms with Crippen molar-refractivity contribution in [2.75, 3.05) is 26.7 Å². The molecule has 1 rings (SSSR count). The zero-order valence-corrected chi connectivity index (χ0v) is 8.89. The number of amides is 1. The number of carbonyl (C=O) groups is 1. The van der Waals surface area contributed by atoms with Gasteiger partial charge in [0.05, 0.1) is 0 Å². The highest BCUT2D eigenvalue weighted by atomic mass is 16.2. The summed E-state index contributed by atoms with van der Waals surface area (Å²) in [6, 6.07) is 0. The van der Waals surface area contributed by atoms with Crippen LogP contribution >= 0.6 is 0 Å². The lowest BCUT2D eigenvalue weighted by atomic mass is 9.93. The molecule has 1 N–H and O–H groups in total. The summed E-state index contributed by atoms with van der Waals surface area (Å²) in [6.45, 7) is 7.13. The topological polar surface area (TPSA) is 32.3 Å². The Balaban J connectivity index is 2.31. The lowest BCUT2D eigenvalue weighted by Crippen LogP contribution is -2.29. The van der Waals surface area contributed by atoms with Gasteiger partial charge in [0.1, 0.15) is 0 Å². The highest BCUT2D eigenvalue weighted by Crippen LogP contribution is 2.29. The second kappa shape index (κ2) is 4.09. The molecular formula is C10H20N2O. The predicted molar refractivity (Wildman–Crippen MR) is 53.5 cm³/mol. The Morgan fingerprint density at radius 2 is 2.23 bits per heavy atom. The van der Waals surface area contributed by atoms with Gasteiger partial charge < -0.3 is 10.2 Å². The fraction of sp³-hybridized carbons (Fsp3) is 0.900. The van der Waals surface area contributed by atoms with Gasteiger partial charge in [-0.3, -0.25) is 4.79 Å². The Bertz CT molecular complexity index is 189. The molecule has 0 spiro atoms.